The van der Waals surface area contributed by atoms with E-state index in [1.165, 1.54) is 13.8 Å². The largest absolute Gasteiger partial charge is 0.497 e. The van der Waals surface area contributed by atoms with Gasteiger partial charge < -0.3 is 83.4 Å². The lowest BCUT2D eigenvalue weighted by Crippen LogP contribution is -2.62. The van der Waals surface area contributed by atoms with E-state index >= 15 is 0 Å². The fourth-order valence-electron chi connectivity index (χ4n) is 10.3. The summed E-state index contributed by atoms with van der Waals surface area (Å²) in [6.45, 7) is 6.09. The van der Waals surface area contributed by atoms with E-state index in [1.807, 2.05) is 62.4 Å². The van der Waals surface area contributed by atoms with Crippen LogP contribution < -0.4 is 58.2 Å². The predicted molar refractivity (Wildman–Crippen MR) is 365 cm³/mol. The fourth-order valence-corrected chi connectivity index (χ4v) is 13.8. The van der Waals surface area contributed by atoms with E-state index in [2.05, 4.69) is 57.2 Å². The third kappa shape index (κ3) is 21.3. The Morgan fingerprint density at radius 1 is 0.758 bits per heavy atom. The number of carbonyl (C=O) groups excluding carboxylic acids is 7. The van der Waals surface area contributed by atoms with Gasteiger partial charge in [-0.3, -0.25) is 42.8 Å². The predicted octanol–water partition coefficient (Wildman–Crippen LogP) is 2.09. The minimum atomic E-state index is -1.66. The lowest BCUT2D eigenvalue weighted by molar-refractivity contribution is -0.136. The molecule has 0 radical (unpaired) electrons. The zero-order valence-electron chi connectivity index (χ0n) is 53.7. The Morgan fingerprint density at radius 3 is 2.06 bits per heavy atom. The van der Waals surface area contributed by atoms with Crippen LogP contribution in [-0.4, -0.2) is 180 Å². The quantitative estimate of drug-likeness (QED) is 0.0341. The number of rotatable bonds is 22. The van der Waals surface area contributed by atoms with Crippen molar-refractivity contribution in [2.45, 2.75) is 138 Å². The van der Waals surface area contributed by atoms with Crippen molar-refractivity contribution < 1.29 is 62.6 Å². The summed E-state index contributed by atoms with van der Waals surface area (Å²) in [7, 11) is 3.97. The zero-order valence-corrected chi connectivity index (χ0v) is 56.2. The Balaban J connectivity index is 0.000000441. The Labute approximate surface area is 561 Å². The van der Waals surface area contributed by atoms with Crippen LogP contribution in [0.1, 0.15) is 66.6 Å². The van der Waals surface area contributed by atoms with Crippen LogP contribution in [0, 0.1) is 13.8 Å². The van der Waals surface area contributed by atoms with Crippen LogP contribution >= 0.6 is 21.6 Å². The summed E-state index contributed by atoms with van der Waals surface area (Å²) < 4.78 is 23.3. The smallest absolute Gasteiger partial charge is 0.245 e. The number of aryl methyl sites for hydroxylation is 1. The van der Waals surface area contributed by atoms with Gasteiger partial charge in [0.1, 0.15) is 47.8 Å². The first-order valence-electron chi connectivity index (χ1n) is 30.9. The molecule has 26 nitrogen and oxygen atoms in total. The average molecular weight is 1360 g/mol. The van der Waals surface area contributed by atoms with Crippen molar-refractivity contribution in [1.29, 1.82) is 0 Å². The van der Waals surface area contributed by atoms with Crippen molar-refractivity contribution in [1.82, 2.24) is 57.2 Å². The van der Waals surface area contributed by atoms with E-state index in [0.717, 1.165) is 77.4 Å². The number of imidazole rings is 1. The summed E-state index contributed by atoms with van der Waals surface area (Å²) in [6.07, 6.45) is 1.58. The van der Waals surface area contributed by atoms with E-state index in [1.54, 1.807) is 81.2 Å². The lowest BCUT2D eigenvalue weighted by atomic mass is 10.0. The molecule has 4 heterocycles. The zero-order chi connectivity index (χ0) is 68.7. The van der Waals surface area contributed by atoms with Crippen molar-refractivity contribution >= 4 is 95.7 Å². The number of amides is 7. The first kappa shape index (κ1) is 74.0. The highest BCUT2D eigenvalue weighted by molar-refractivity contribution is 8.76. The van der Waals surface area contributed by atoms with Crippen molar-refractivity contribution in [3.05, 3.63) is 149 Å². The van der Waals surface area contributed by atoms with Gasteiger partial charge in [-0.1, -0.05) is 100 Å². The van der Waals surface area contributed by atoms with Crippen molar-refractivity contribution in [3.63, 3.8) is 0 Å². The van der Waals surface area contributed by atoms with Gasteiger partial charge in [-0.05, 0) is 94.8 Å². The summed E-state index contributed by atoms with van der Waals surface area (Å²) >= 11 is 0. The van der Waals surface area contributed by atoms with Gasteiger partial charge >= 0.3 is 0 Å². The van der Waals surface area contributed by atoms with Gasteiger partial charge in [0, 0.05) is 64.8 Å². The van der Waals surface area contributed by atoms with E-state index in [0.29, 0.717) is 29.1 Å². The molecule has 7 amide bonds. The third-order valence-corrected chi connectivity index (χ3v) is 19.3. The second-order valence-electron chi connectivity index (χ2n) is 22.9. The maximum absolute atomic E-state index is 14.7. The number of nitrogens with one attached hydrogen (secondary N) is 9. The third-order valence-electron chi connectivity index (χ3n) is 15.8. The molecule has 1 aliphatic heterocycles. The number of para-hydroxylation sites is 1. The minimum Gasteiger partial charge on any atom is -0.497 e. The standard InChI is InChI=1S/C49H66N10O10S2.C17H19N3O3S/c1-28(61)39(25-60)56-48(68)41-27-71-70-26-40(57-43(63)34(51)21-30-13-5-3-6-14-30)47(67)54-37(22-31-15-7-4-8-16-31)45(65)55-38(23-32-24-52-35-18-10-9-17-33(32)35)46(66)53-36(19-11-12-20-50)44(64)59-42(29(2)62)49(69)58-41;1-10-8-18-15(11(2)16(10)23-4)9-24(21)17-19-13-6-5-12(22-3)7-14(13)20-17/h3-10,13-18,24,28-29,34,36-42,52,60-62H,11-12,19-23,25-27,50-51H2,1-2H3,(H,53,66)(H,54,67)(H,55,65)(H,56,68)(H,57,63)(H,58,69)(H,59,64);5-8H,9H2,1-4H3,(H,19,20)/t28-,29-,34-,36+,37+,38-,39-,40+,41+,42+;/m1./s1. The number of methoxy groups -OCH3 is 2. The van der Waals surface area contributed by atoms with E-state index < -0.39 is 119 Å². The first-order valence-corrected chi connectivity index (χ1v) is 34.8. The van der Waals surface area contributed by atoms with E-state index in [9.17, 15) is 53.1 Å². The number of hydrogen-bond donors (Lipinski definition) is 14. The monoisotopic (exact) mass is 1360 g/mol. The van der Waals surface area contributed by atoms with Gasteiger partial charge in [0.05, 0.1) is 78.4 Å². The maximum Gasteiger partial charge on any atom is 0.245 e. The number of hydrogen-bond acceptors (Lipinski definition) is 19. The summed E-state index contributed by atoms with van der Waals surface area (Å²) in [4.78, 5) is 115. The van der Waals surface area contributed by atoms with Gasteiger partial charge in [-0.15, -0.1) is 0 Å². The number of aliphatic hydroxyl groups excluding tert-OH is 3. The van der Waals surface area contributed by atoms with Crippen molar-refractivity contribution in [2.75, 3.05) is 38.9 Å². The Bertz CT molecular complexity index is 3750. The normalized spacial score (nSPS) is 20.2. The Morgan fingerprint density at radius 2 is 1.40 bits per heavy atom. The molecule has 0 saturated carbocycles. The highest BCUT2D eigenvalue weighted by Gasteiger charge is 2.37. The van der Waals surface area contributed by atoms with E-state index in [4.69, 9.17) is 20.9 Å². The number of aliphatic hydroxyl groups is 3. The number of aromatic amines is 2. The van der Waals surface area contributed by atoms with Crippen LogP contribution in [0.5, 0.6) is 11.5 Å². The highest BCUT2D eigenvalue weighted by Crippen LogP contribution is 2.28. The number of H-pyrrole nitrogens is 2. The molecule has 1 saturated heterocycles. The number of fused-ring (bicyclic) bond motifs is 2. The number of unbranched alkanes of at least 4 members (excludes halogenated alkanes) is 1. The summed E-state index contributed by atoms with van der Waals surface area (Å²) in [6, 6.07) is 20.1. The molecule has 0 spiro atoms. The summed E-state index contributed by atoms with van der Waals surface area (Å²) in [5, 5.41) is 50.9. The first-order chi connectivity index (χ1) is 45.6. The van der Waals surface area contributed by atoms with Gasteiger partial charge in [-0.2, -0.15) is 0 Å². The SMILES string of the molecule is COc1ccc2nc(S(=O)Cc3ncc(C)c(OC)c3C)[nH]c2c1.C[C@@H](O)[C@@H]1NC(=O)[C@H](CCCCN)NC(=O)[C@@H](Cc2c[nH]c3ccccc23)NC(=O)[C@H](Cc2ccccc2)NC(=O)[C@@H](NC(=O)[C@H](N)Cc2ccccc2)CSSC[C@@H](C(=O)N[C@H](CO)[C@@H](C)O)NC1=O. The summed E-state index contributed by atoms with van der Waals surface area (Å²) in [5.74, 6) is -4.22. The number of aromatic nitrogens is 4. The highest BCUT2D eigenvalue weighted by atomic mass is 33.1. The second-order valence-corrected chi connectivity index (χ2v) is 26.9. The number of pyridine rings is 1. The molecule has 95 heavy (non-hydrogen) atoms. The number of nitrogens with two attached hydrogens (primary N) is 2. The average Bonchev–Trinajstić information content (AvgIpc) is 1.76. The lowest BCUT2D eigenvalue weighted by Gasteiger charge is -2.29. The van der Waals surface area contributed by atoms with Gasteiger partial charge in [0.15, 0.2) is 5.16 Å². The van der Waals surface area contributed by atoms with Gasteiger partial charge in [-0.25, -0.2) is 4.98 Å². The molecule has 1 aliphatic rings. The van der Waals surface area contributed by atoms with Crippen LogP contribution in [-0.2, 0) is 69.4 Å². The van der Waals surface area contributed by atoms with Crippen molar-refractivity contribution in [2.24, 2.45) is 11.5 Å². The number of nitrogens with zero attached hydrogens (tertiary/aromatic N) is 2. The molecule has 16 N–H and O–H groups in total. The fraction of sp³-hybridized carbons (Fsp3) is 0.409. The number of carbonyl (C=O) groups is 7. The summed E-state index contributed by atoms with van der Waals surface area (Å²) in [5.41, 5.74) is 19.2. The minimum absolute atomic E-state index is 0.0340. The molecule has 29 heteroatoms. The molecular weight excluding hydrogens is 1280 g/mol. The molecule has 3 aromatic heterocycles. The molecule has 0 bridgehead atoms. The maximum atomic E-state index is 14.7. The topological polar surface area (TPSA) is 409 Å². The van der Waals surface area contributed by atoms with Gasteiger partial charge in [0.2, 0.25) is 41.4 Å². The molecule has 8 rings (SSSR count). The second kappa shape index (κ2) is 36.5. The molecule has 11 atom stereocenters. The Hall–Kier alpha value is -8.42. The number of ether oxygens (including phenoxy) is 2. The van der Waals surface area contributed by atoms with Crippen LogP contribution in [0.15, 0.2) is 121 Å². The molecule has 0 aliphatic carbocycles. The molecular formula is C66H85N13O13S3. The molecule has 7 aromatic rings. The molecule has 1 fully saturated rings. The van der Waals surface area contributed by atoms with Crippen molar-refractivity contribution in [3.8, 4) is 11.5 Å². The molecule has 510 valence electrons. The van der Waals surface area contributed by atoms with Crippen LogP contribution in [0.3, 0.4) is 0 Å². The Kier molecular flexibility index (Phi) is 28.4. The molecule has 1 unspecified atom stereocenters. The van der Waals surface area contributed by atoms with Gasteiger partial charge in [0.25, 0.3) is 0 Å². The number of benzene rings is 4. The van der Waals surface area contributed by atoms with Crippen LogP contribution in [0.25, 0.3) is 21.9 Å². The van der Waals surface area contributed by atoms with Crippen LogP contribution in [0.2, 0.25) is 0 Å². The van der Waals surface area contributed by atoms with E-state index in [-0.39, 0.29) is 49.5 Å². The van der Waals surface area contributed by atoms with Crippen LogP contribution in [0.4, 0.5) is 0 Å². The molecule has 4 aromatic carbocycles.